The molecule has 0 spiro atoms. The highest BCUT2D eigenvalue weighted by molar-refractivity contribution is 7.91. The molecule has 2 heterocycles. The Morgan fingerprint density at radius 3 is 2.90 bits per heavy atom. The van der Waals surface area contributed by atoms with Crippen molar-refractivity contribution in [2.45, 2.75) is 25.8 Å². The fourth-order valence-electron chi connectivity index (χ4n) is 2.37. The maximum absolute atomic E-state index is 12.3. The Balaban J connectivity index is 2.06. The first kappa shape index (κ1) is 15.3. The van der Waals surface area contributed by atoms with Crippen molar-refractivity contribution in [3.63, 3.8) is 0 Å². The summed E-state index contributed by atoms with van der Waals surface area (Å²) in [6, 6.07) is 3.71. The number of carbonyl (C=O) groups excluding carboxylic acids is 1. The second-order valence-electron chi connectivity index (χ2n) is 4.94. The molecule has 1 saturated heterocycles. The van der Waals surface area contributed by atoms with Crippen molar-refractivity contribution in [2.24, 2.45) is 0 Å². The van der Waals surface area contributed by atoms with Gasteiger partial charge in [0.25, 0.3) is 0 Å². The van der Waals surface area contributed by atoms with Gasteiger partial charge in [0.1, 0.15) is 0 Å². The monoisotopic (exact) mass is 313 g/mol. The van der Waals surface area contributed by atoms with Crippen LogP contribution < -0.4 is 0 Å². The highest BCUT2D eigenvalue weighted by Crippen LogP contribution is 2.19. The molecule has 1 fully saturated rings. The molecule has 20 heavy (non-hydrogen) atoms. The van der Waals surface area contributed by atoms with Crippen molar-refractivity contribution in [2.75, 3.05) is 18.1 Å². The van der Waals surface area contributed by atoms with Crippen LogP contribution in [0, 0.1) is 0 Å². The van der Waals surface area contributed by atoms with Crippen molar-refractivity contribution in [1.82, 2.24) is 4.90 Å². The number of amides is 1. The van der Waals surface area contributed by atoms with Gasteiger partial charge in [-0.05, 0) is 30.4 Å². The average Bonchev–Trinajstić information content (AvgIpc) is 3.02. The summed E-state index contributed by atoms with van der Waals surface area (Å²) >= 11 is 1.57. The quantitative estimate of drug-likeness (QED) is 0.783. The fourth-order valence-corrected chi connectivity index (χ4v) is 4.72. The molecule has 110 valence electrons. The Hall–Kier alpha value is -1.14. The molecule has 1 amide bonds. The maximum atomic E-state index is 12.3. The van der Waals surface area contributed by atoms with Crippen LogP contribution in [0.1, 0.15) is 24.6 Å². The summed E-state index contributed by atoms with van der Waals surface area (Å²) in [5.41, 5.74) is 0. The largest absolute Gasteiger partial charge is 0.335 e. The van der Waals surface area contributed by atoms with E-state index in [1.165, 1.54) is 0 Å². The number of hydrogen-bond acceptors (Lipinski definition) is 4. The van der Waals surface area contributed by atoms with Gasteiger partial charge < -0.3 is 4.90 Å². The summed E-state index contributed by atoms with van der Waals surface area (Å²) in [5.74, 6) is 0.202. The topological polar surface area (TPSA) is 54.5 Å². The third kappa shape index (κ3) is 3.93. The van der Waals surface area contributed by atoms with Crippen LogP contribution in [0.3, 0.4) is 0 Å². The number of rotatable bonds is 5. The van der Waals surface area contributed by atoms with Crippen molar-refractivity contribution in [1.29, 1.82) is 0 Å². The molecule has 0 aliphatic carbocycles. The van der Waals surface area contributed by atoms with Crippen LogP contribution in [-0.4, -0.2) is 43.3 Å². The minimum atomic E-state index is -2.97. The van der Waals surface area contributed by atoms with Crippen molar-refractivity contribution < 1.29 is 13.2 Å². The molecule has 4 nitrogen and oxygen atoms in total. The summed E-state index contributed by atoms with van der Waals surface area (Å²) in [7, 11) is -2.97. The molecule has 1 aromatic rings. The molecule has 0 N–H and O–H groups in total. The smallest absolute Gasteiger partial charge is 0.246 e. The molecule has 1 aromatic heterocycles. The number of thiophene rings is 1. The average molecular weight is 313 g/mol. The fraction of sp³-hybridized carbons (Fsp3) is 0.500. The zero-order valence-corrected chi connectivity index (χ0v) is 13.1. The third-order valence-electron chi connectivity index (χ3n) is 3.33. The number of sulfone groups is 1. The lowest BCUT2D eigenvalue weighted by atomic mass is 10.2. The Kier molecular flexibility index (Phi) is 4.99. The van der Waals surface area contributed by atoms with Crippen LogP contribution >= 0.6 is 11.3 Å². The van der Waals surface area contributed by atoms with Crippen LogP contribution in [0.5, 0.6) is 0 Å². The van der Waals surface area contributed by atoms with Gasteiger partial charge in [0, 0.05) is 23.5 Å². The molecule has 6 heteroatoms. The summed E-state index contributed by atoms with van der Waals surface area (Å²) in [6.07, 6.45) is 4.72. The highest BCUT2D eigenvalue weighted by atomic mass is 32.2. The predicted molar refractivity (Wildman–Crippen MR) is 82.4 cm³/mol. The van der Waals surface area contributed by atoms with Gasteiger partial charge in [-0.25, -0.2) is 8.42 Å². The molecule has 1 atom stereocenters. The molecule has 2 rings (SSSR count). The second-order valence-corrected chi connectivity index (χ2v) is 8.15. The lowest BCUT2D eigenvalue weighted by Gasteiger charge is -2.26. The van der Waals surface area contributed by atoms with E-state index in [2.05, 4.69) is 0 Å². The van der Waals surface area contributed by atoms with E-state index >= 15 is 0 Å². The first-order valence-electron chi connectivity index (χ1n) is 6.74. The number of carbonyl (C=O) groups is 1. The molecule has 1 aliphatic heterocycles. The Bertz CT molecular complexity index is 576. The first-order chi connectivity index (χ1) is 9.52. The van der Waals surface area contributed by atoms with E-state index in [9.17, 15) is 13.2 Å². The highest BCUT2D eigenvalue weighted by Gasteiger charge is 2.33. The van der Waals surface area contributed by atoms with Gasteiger partial charge in [-0.15, -0.1) is 11.3 Å². The standard InChI is InChI=1S/C14H19NO3S2/c1-2-8-15(12-7-10-20(17,18)11-12)14(16)6-5-13-4-3-9-19-13/h3-6,9,12H,2,7-8,10-11H2,1H3. The molecule has 0 aromatic carbocycles. The lowest BCUT2D eigenvalue weighted by Crippen LogP contribution is -2.40. The molecular weight excluding hydrogens is 294 g/mol. The van der Waals surface area contributed by atoms with Gasteiger partial charge >= 0.3 is 0 Å². The van der Waals surface area contributed by atoms with Crippen molar-refractivity contribution in [3.8, 4) is 0 Å². The van der Waals surface area contributed by atoms with Gasteiger partial charge in [0.15, 0.2) is 9.84 Å². The Labute approximate surface area is 124 Å². The molecule has 0 bridgehead atoms. The summed E-state index contributed by atoms with van der Waals surface area (Å²) in [5, 5.41) is 1.96. The Morgan fingerprint density at radius 2 is 2.35 bits per heavy atom. The van der Waals surface area contributed by atoms with E-state index in [-0.39, 0.29) is 23.5 Å². The lowest BCUT2D eigenvalue weighted by molar-refractivity contribution is -0.127. The Morgan fingerprint density at radius 1 is 1.55 bits per heavy atom. The van der Waals surface area contributed by atoms with E-state index in [1.54, 1.807) is 28.4 Å². The normalized spacial score (nSPS) is 21.4. The van der Waals surface area contributed by atoms with Crippen LogP contribution in [0.4, 0.5) is 0 Å². The molecule has 0 radical (unpaired) electrons. The molecule has 1 unspecified atom stereocenters. The molecule has 1 aliphatic rings. The first-order valence-corrected chi connectivity index (χ1v) is 9.44. The second kappa shape index (κ2) is 6.54. The van der Waals surface area contributed by atoms with Crippen LogP contribution in [-0.2, 0) is 14.6 Å². The minimum Gasteiger partial charge on any atom is -0.335 e. The van der Waals surface area contributed by atoms with E-state index in [0.29, 0.717) is 13.0 Å². The number of nitrogens with zero attached hydrogens (tertiary/aromatic N) is 1. The van der Waals surface area contributed by atoms with E-state index in [1.807, 2.05) is 24.4 Å². The predicted octanol–water partition coefficient (Wildman–Crippen LogP) is 2.19. The van der Waals surface area contributed by atoms with Crippen LogP contribution in [0.25, 0.3) is 6.08 Å². The van der Waals surface area contributed by atoms with E-state index in [4.69, 9.17) is 0 Å². The maximum Gasteiger partial charge on any atom is 0.246 e. The molecule has 0 saturated carbocycles. The van der Waals surface area contributed by atoms with Crippen LogP contribution in [0.15, 0.2) is 23.6 Å². The third-order valence-corrected chi connectivity index (χ3v) is 5.92. The van der Waals surface area contributed by atoms with Gasteiger partial charge in [-0.1, -0.05) is 13.0 Å². The zero-order chi connectivity index (χ0) is 14.6. The van der Waals surface area contributed by atoms with E-state index in [0.717, 1.165) is 11.3 Å². The van der Waals surface area contributed by atoms with Gasteiger partial charge in [0.05, 0.1) is 11.5 Å². The van der Waals surface area contributed by atoms with Gasteiger partial charge in [-0.3, -0.25) is 4.79 Å². The SMILES string of the molecule is CCCN(C(=O)C=Cc1cccs1)C1CCS(=O)(=O)C1. The van der Waals surface area contributed by atoms with Crippen molar-refractivity contribution in [3.05, 3.63) is 28.5 Å². The van der Waals surface area contributed by atoms with E-state index < -0.39 is 9.84 Å². The summed E-state index contributed by atoms with van der Waals surface area (Å²) < 4.78 is 23.1. The summed E-state index contributed by atoms with van der Waals surface area (Å²) in [4.78, 5) is 15.0. The van der Waals surface area contributed by atoms with Gasteiger partial charge in [0.2, 0.25) is 5.91 Å². The summed E-state index contributed by atoms with van der Waals surface area (Å²) in [6.45, 7) is 2.60. The minimum absolute atomic E-state index is 0.0950. The van der Waals surface area contributed by atoms with Crippen molar-refractivity contribution >= 4 is 33.2 Å². The number of hydrogen-bond donors (Lipinski definition) is 0. The zero-order valence-electron chi connectivity index (χ0n) is 11.5. The van der Waals surface area contributed by atoms with Gasteiger partial charge in [-0.2, -0.15) is 0 Å². The molecular formula is C14H19NO3S2. The van der Waals surface area contributed by atoms with Crippen LogP contribution in [0.2, 0.25) is 0 Å².